The summed E-state index contributed by atoms with van der Waals surface area (Å²) in [6, 6.07) is 5.44. The molecule has 0 aliphatic rings. The van der Waals surface area contributed by atoms with Crippen LogP contribution in [-0.4, -0.2) is 10.8 Å². The Morgan fingerprint density at radius 3 is 2.78 bits per heavy atom. The number of nitrogens with zero attached hydrogens (tertiary/aromatic N) is 1. The third-order valence-electron chi connectivity index (χ3n) is 2.57. The number of hydrogen-bond donors (Lipinski definition) is 1. The van der Waals surface area contributed by atoms with Gasteiger partial charge in [0.25, 0.3) is 0 Å². The van der Waals surface area contributed by atoms with Gasteiger partial charge >= 0.3 is 0 Å². The smallest absolute Gasteiger partial charge is 0.197 e. The predicted molar refractivity (Wildman–Crippen MR) is 68.2 cm³/mol. The van der Waals surface area contributed by atoms with Gasteiger partial charge in [-0.2, -0.15) is 0 Å². The third-order valence-corrected chi connectivity index (χ3v) is 2.78. The van der Waals surface area contributed by atoms with Crippen molar-refractivity contribution >= 4 is 23.2 Å². The summed E-state index contributed by atoms with van der Waals surface area (Å²) in [7, 11) is 0. The zero-order valence-corrected chi connectivity index (χ0v) is 10.3. The highest BCUT2D eigenvalue weighted by Gasteiger charge is 2.16. The lowest BCUT2D eigenvalue weighted by atomic mass is 9.99. The maximum atomic E-state index is 13.2. The fourth-order valence-corrected chi connectivity index (χ4v) is 1.77. The van der Waals surface area contributed by atoms with Gasteiger partial charge < -0.3 is 5.73 Å². The molecule has 5 heteroatoms. The molecule has 0 saturated heterocycles. The fraction of sp³-hybridized carbons (Fsp3) is 0.0769. The molecule has 0 radical (unpaired) electrons. The summed E-state index contributed by atoms with van der Waals surface area (Å²) in [6.45, 7) is 1.72. The number of aryl methyl sites for hydroxylation is 1. The number of aromatic nitrogens is 1. The zero-order chi connectivity index (χ0) is 13.3. The molecule has 0 fully saturated rings. The number of nitrogens with two attached hydrogens (primary N) is 1. The Morgan fingerprint density at radius 2 is 2.06 bits per heavy atom. The first-order valence-corrected chi connectivity index (χ1v) is 5.58. The van der Waals surface area contributed by atoms with E-state index in [1.807, 2.05) is 0 Å². The molecular formula is C13H10ClFN2O. The SMILES string of the molecule is Cc1ccc(F)cc1C(=O)c1cc(Cl)cnc1N. The molecule has 1 heterocycles. The Labute approximate surface area is 108 Å². The first-order chi connectivity index (χ1) is 8.49. The maximum absolute atomic E-state index is 13.2. The number of hydrogen-bond acceptors (Lipinski definition) is 3. The van der Waals surface area contributed by atoms with Crippen molar-refractivity contribution in [2.24, 2.45) is 0 Å². The highest BCUT2D eigenvalue weighted by molar-refractivity contribution is 6.31. The van der Waals surface area contributed by atoms with E-state index in [2.05, 4.69) is 4.98 Å². The standard InChI is InChI=1S/C13H10ClFN2O/c1-7-2-3-9(15)5-10(7)12(18)11-4-8(14)6-17-13(11)16/h2-6H,1H3,(H2,16,17). The summed E-state index contributed by atoms with van der Waals surface area (Å²) in [6.07, 6.45) is 1.35. The van der Waals surface area contributed by atoms with Crippen molar-refractivity contribution in [2.75, 3.05) is 5.73 Å². The van der Waals surface area contributed by atoms with Crippen LogP contribution in [-0.2, 0) is 0 Å². The fourth-order valence-electron chi connectivity index (χ4n) is 1.62. The summed E-state index contributed by atoms with van der Waals surface area (Å²) >= 11 is 5.78. The van der Waals surface area contributed by atoms with E-state index in [0.29, 0.717) is 10.6 Å². The van der Waals surface area contributed by atoms with E-state index in [1.165, 1.54) is 30.5 Å². The van der Waals surface area contributed by atoms with Crippen molar-refractivity contribution in [1.82, 2.24) is 4.98 Å². The minimum Gasteiger partial charge on any atom is -0.383 e. The van der Waals surface area contributed by atoms with Gasteiger partial charge in [-0.1, -0.05) is 17.7 Å². The first kappa shape index (κ1) is 12.5. The number of benzene rings is 1. The minimum atomic E-state index is -0.475. The second-order valence-electron chi connectivity index (χ2n) is 3.87. The molecule has 3 nitrogen and oxygen atoms in total. The zero-order valence-electron chi connectivity index (χ0n) is 9.58. The second kappa shape index (κ2) is 4.74. The molecule has 0 spiro atoms. The molecule has 0 atom stereocenters. The number of rotatable bonds is 2. The molecule has 0 unspecified atom stereocenters. The Morgan fingerprint density at radius 1 is 1.33 bits per heavy atom. The molecule has 1 aromatic heterocycles. The Kier molecular flexibility index (Phi) is 3.30. The van der Waals surface area contributed by atoms with Crippen molar-refractivity contribution in [1.29, 1.82) is 0 Å². The number of halogens is 2. The molecule has 2 N–H and O–H groups in total. The number of ketones is 1. The molecule has 2 aromatic rings. The van der Waals surface area contributed by atoms with E-state index in [4.69, 9.17) is 17.3 Å². The van der Waals surface area contributed by atoms with Gasteiger partial charge in [-0.05, 0) is 30.7 Å². The van der Waals surface area contributed by atoms with E-state index in [-0.39, 0.29) is 22.7 Å². The van der Waals surface area contributed by atoms with Gasteiger partial charge in [0.15, 0.2) is 5.78 Å². The molecule has 1 aromatic carbocycles. The Hall–Kier alpha value is -1.94. The molecule has 0 aliphatic carbocycles. The summed E-state index contributed by atoms with van der Waals surface area (Å²) in [4.78, 5) is 16.1. The molecule has 92 valence electrons. The molecule has 2 rings (SSSR count). The van der Waals surface area contributed by atoms with Crippen LogP contribution in [0.25, 0.3) is 0 Å². The second-order valence-corrected chi connectivity index (χ2v) is 4.31. The highest BCUT2D eigenvalue weighted by Crippen LogP contribution is 2.21. The average molecular weight is 265 g/mol. The number of anilines is 1. The van der Waals surface area contributed by atoms with Crippen molar-refractivity contribution < 1.29 is 9.18 Å². The largest absolute Gasteiger partial charge is 0.383 e. The van der Waals surface area contributed by atoms with E-state index >= 15 is 0 Å². The van der Waals surface area contributed by atoms with Crippen LogP contribution in [0.4, 0.5) is 10.2 Å². The minimum absolute atomic E-state index is 0.0769. The van der Waals surface area contributed by atoms with Crippen LogP contribution in [0.5, 0.6) is 0 Å². The van der Waals surface area contributed by atoms with Gasteiger partial charge in [-0.25, -0.2) is 9.37 Å². The molecule has 0 saturated carbocycles. The van der Waals surface area contributed by atoms with E-state index in [0.717, 1.165) is 0 Å². The van der Waals surface area contributed by atoms with Crippen molar-refractivity contribution in [2.45, 2.75) is 6.92 Å². The van der Waals surface area contributed by atoms with Gasteiger partial charge in [-0.3, -0.25) is 4.79 Å². The number of nitrogen functional groups attached to an aromatic ring is 1. The van der Waals surface area contributed by atoms with Crippen LogP contribution in [0.1, 0.15) is 21.5 Å². The predicted octanol–water partition coefficient (Wildman–Crippen LogP) is 3.00. The van der Waals surface area contributed by atoms with Crippen LogP contribution in [0.3, 0.4) is 0 Å². The number of carbonyl (C=O) groups excluding carboxylic acids is 1. The van der Waals surface area contributed by atoms with Gasteiger partial charge in [0.05, 0.1) is 10.6 Å². The topological polar surface area (TPSA) is 56.0 Å². The summed E-state index contributed by atoms with van der Waals surface area (Å²) in [5.41, 5.74) is 6.73. The molecule has 0 amide bonds. The van der Waals surface area contributed by atoms with Crippen LogP contribution < -0.4 is 5.73 Å². The van der Waals surface area contributed by atoms with E-state index in [1.54, 1.807) is 6.92 Å². The number of carbonyl (C=O) groups is 1. The maximum Gasteiger partial charge on any atom is 0.197 e. The lowest BCUT2D eigenvalue weighted by Gasteiger charge is -2.07. The quantitative estimate of drug-likeness (QED) is 0.849. The molecule has 18 heavy (non-hydrogen) atoms. The lowest BCUT2D eigenvalue weighted by molar-refractivity contribution is 0.103. The van der Waals surface area contributed by atoms with E-state index < -0.39 is 5.82 Å². The van der Waals surface area contributed by atoms with Gasteiger partial charge in [-0.15, -0.1) is 0 Å². The molecule has 0 bridgehead atoms. The summed E-state index contributed by atoms with van der Waals surface area (Å²) in [5.74, 6) is -0.787. The van der Waals surface area contributed by atoms with Crippen LogP contribution >= 0.6 is 11.6 Å². The van der Waals surface area contributed by atoms with Crippen molar-refractivity contribution in [3.05, 3.63) is 58.0 Å². The number of pyridine rings is 1. The van der Waals surface area contributed by atoms with Crippen LogP contribution in [0.15, 0.2) is 30.5 Å². The highest BCUT2D eigenvalue weighted by atomic mass is 35.5. The van der Waals surface area contributed by atoms with Crippen molar-refractivity contribution in [3.63, 3.8) is 0 Å². The van der Waals surface area contributed by atoms with Gasteiger partial charge in [0, 0.05) is 11.8 Å². The third kappa shape index (κ3) is 2.33. The summed E-state index contributed by atoms with van der Waals surface area (Å²) in [5, 5.41) is 0.307. The molecule has 0 aliphatic heterocycles. The first-order valence-electron chi connectivity index (χ1n) is 5.21. The Balaban J connectivity index is 2.54. The monoisotopic (exact) mass is 264 g/mol. The normalized spacial score (nSPS) is 10.4. The van der Waals surface area contributed by atoms with Gasteiger partial charge in [0.2, 0.25) is 0 Å². The van der Waals surface area contributed by atoms with Crippen LogP contribution in [0.2, 0.25) is 5.02 Å². The van der Waals surface area contributed by atoms with Gasteiger partial charge in [0.1, 0.15) is 11.6 Å². The summed E-state index contributed by atoms with van der Waals surface area (Å²) < 4.78 is 13.2. The molecular weight excluding hydrogens is 255 g/mol. The average Bonchev–Trinajstić information content (AvgIpc) is 2.34. The lowest BCUT2D eigenvalue weighted by Crippen LogP contribution is -2.08. The van der Waals surface area contributed by atoms with Crippen molar-refractivity contribution in [3.8, 4) is 0 Å². The Bertz CT molecular complexity index is 575. The van der Waals surface area contributed by atoms with E-state index in [9.17, 15) is 9.18 Å². The van der Waals surface area contributed by atoms with Crippen LogP contribution in [0, 0.1) is 12.7 Å².